The SMILES string of the molecule is Cc1ccsc1-c1cc(N)ccc1Cl. The molecule has 0 atom stereocenters. The summed E-state index contributed by atoms with van der Waals surface area (Å²) < 4.78 is 0. The van der Waals surface area contributed by atoms with Gasteiger partial charge in [0, 0.05) is 21.2 Å². The lowest BCUT2D eigenvalue weighted by molar-refractivity contribution is 1.54. The average molecular weight is 224 g/mol. The van der Waals surface area contributed by atoms with Crippen molar-refractivity contribution < 1.29 is 0 Å². The van der Waals surface area contributed by atoms with Crippen LogP contribution in [0.2, 0.25) is 5.02 Å². The predicted octanol–water partition coefficient (Wildman–Crippen LogP) is 3.96. The van der Waals surface area contributed by atoms with Gasteiger partial charge in [0.05, 0.1) is 0 Å². The number of aryl methyl sites for hydroxylation is 1. The quantitative estimate of drug-likeness (QED) is 0.728. The number of thiophene rings is 1. The number of hydrogen-bond acceptors (Lipinski definition) is 2. The zero-order chi connectivity index (χ0) is 10.1. The topological polar surface area (TPSA) is 26.0 Å². The van der Waals surface area contributed by atoms with Gasteiger partial charge < -0.3 is 5.73 Å². The summed E-state index contributed by atoms with van der Waals surface area (Å²) in [6.07, 6.45) is 0. The number of anilines is 1. The molecule has 0 aliphatic rings. The average Bonchev–Trinajstić information content (AvgIpc) is 2.56. The number of nitrogens with two attached hydrogens (primary N) is 1. The Kier molecular flexibility index (Phi) is 2.48. The molecule has 0 saturated heterocycles. The Hall–Kier alpha value is -0.990. The van der Waals surface area contributed by atoms with Gasteiger partial charge in [-0.25, -0.2) is 0 Å². The highest BCUT2D eigenvalue weighted by Crippen LogP contribution is 2.35. The van der Waals surface area contributed by atoms with Crippen molar-refractivity contribution in [3.05, 3.63) is 40.2 Å². The van der Waals surface area contributed by atoms with Crippen molar-refractivity contribution in [1.29, 1.82) is 0 Å². The first-order chi connectivity index (χ1) is 6.68. The van der Waals surface area contributed by atoms with Gasteiger partial charge in [0.2, 0.25) is 0 Å². The molecule has 0 aliphatic heterocycles. The predicted molar refractivity (Wildman–Crippen MR) is 63.9 cm³/mol. The Morgan fingerprint density at radius 2 is 2.07 bits per heavy atom. The van der Waals surface area contributed by atoms with E-state index in [9.17, 15) is 0 Å². The van der Waals surface area contributed by atoms with Gasteiger partial charge in [-0.1, -0.05) is 11.6 Å². The molecule has 72 valence electrons. The summed E-state index contributed by atoms with van der Waals surface area (Å²) >= 11 is 7.80. The Balaban J connectivity index is 2.62. The molecule has 0 unspecified atom stereocenters. The summed E-state index contributed by atoms with van der Waals surface area (Å²) in [5.41, 5.74) is 8.74. The van der Waals surface area contributed by atoms with Crippen LogP contribution in [-0.4, -0.2) is 0 Å². The van der Waals surface area contributed by atoms with E-state index < -0.39 is 0 Å². The number of nitrogen functional groups attached to an aromatic ring is 1. The highest BCUT2D eigenvalue weighted by atomic mass is 35.5. The van der Waals surface area contributed by atoms with E-state index in [1.807, 2.05) is 18.2 Å². The lowest BCUT2D eigenvalue weighted by atomic mass is 10.1. The normalized spacial score (nSPS) is 10.4. The van der Waals surface area contributed by atoms with Gasteiger partial charge in [0.15, 0.2) is 0 Å². The Morgan fingerprint density at radius 3 is 2.71 bits per heavy atom. The van der Waals surface area contributed by atoms with Crippen LogP contribution in [0.4, 0.5) is 5.69 Å². The second-order valence-corrected chi connectivity index (χ2v) is 4.50. The molecule has 1 aromatic carbocycles. The smallest absolute Gasteiger partial charge is 0.0494 e. The minimum Gasteiger partial charge on any atom is -0.399 e. The van der Waals surface area contributed by atoms with Gasteiger partial charge in [0.25, 0.3) is 0 Å². The van der Waals surface area contributed by atoms with Crippen molar-refractivity contribution >= 4 is 28.6 Å². The minimum absolute atomic E-state index is 0.747. The van der Waals surface area contributed by atoms with Crippen LogP contribution in [-0.2, 0) is 0 Å². The van der Waals surface area contributed by atoms with Crippen LogP contribution >= 0.6 is 22.9 Å². The van der Waals surface area contributed by atoms with E-state index in [1.54, 1.807) is 11.3 Å². The molecule has 1 aromatic heterocycles. The summed E-state index contributed by atoms with van der Waals surface area (Å²) in [5, 5.41) is 2.81. The van der Waals surface area contributed by atoms with E-state index >= 15 is 0 Å². The van der Waals surface area contributed by atoms with Crippen LogP contribution in [0.15, 0.2) is 29.6 Å². The fraction of sp³-hybridized carbons (Fsp3) is 0.0909. The largest absolute Gasteiger partial charge is 0.399 e. The van der Waals surface area contributed by atoms with Crippen LogP contribution in [0.25, 0.3) is 10.4 Å². The Labute approximate surface area is 92.1 Å². The van der Waals surface area contributed by atoms with E-state index in [2.05, 4.69) is 18.4 Å². The highest BCUT2D eigenvalue weighted by molar-refractivity contribution is 7.13. The summed E-state index contributed by atoms with van der Waals surface area (Å²) in [6.45, 7) is 2.07. The van der Waals surface area contributed by atoms with E-state index in [-0.39, 0.29) is 0 Å². The maximum Gasteiger partial charge on any atom is 0.0494 e. The lowest BCUT2D eigenvalue weighted by Gasteiger charge is -2.04. The van der Waals surface area contributed by atoms with Crippen LogP contribution in [0.1, 0.15) is 5.56 Å². The molecule has 3 heteroatoms. The van der Waals surface area contributed by atoms with E-state index in [0.717, 1.165) is 16.3 Å². The van der Waals surface area contributed by atoms with Gasteiger partial charge in [-0.05, 0) is 42.1 Å². The molecule has 2 rings (SSSR count). The molecule has 0 radical (unpaired) electrons. The number of rotatable bonds is 1. The first-order valence-corrected chi connectivity index (χ1v) is 5.54. The van der Waals surface area contributed by atoms with E-state index in [0.29, 0.717) is 0 Å². The number of hydrogen-bond donors (Lipinski definition) is 1. The minimum atomic E-state index is 0.747. The van der Waals surface area contributed by atoms with E-state index in [4.69, 9.17) is 17.3 Å². The first-order valence-electron chi connectivity index (χ1n) is 4.28. The van der Waals surface area contributed by atoms with Crippen LogP contribution in [0.5, 0.6) is 0 Å². The molecule has 0 amide bonds. The number of benzene rings is 1. The van der Waals surface area contributed by atoms with Crippen LogP contribution in [0, 0.1) is 6.92 Å². The number of halogens is 1. The second-order valence-electron chi connectivity index (χ2n) is 3.17. The first kappa shape index (κ1) is 9.56. The van der Waals surface area contributed by atoms with Crippen molar-refractivity contribution in [2.24, 2.45) is 0 Å². The standard InChI is InChI=1S/C11H10ClNS/c1-7-4-5-14-11(7)9-6-8(13)2-3-10(9)12/h2-6H,13H2,1H3. The maximum atomic E-state index is 6.11. The van der Waals surface area contributed by atoms with Gasteiger partial charge in [-0.15, -0.1) is 11.3 Å². The molecular formula is C11H10ClNS. The van der Waals surface area contributed by atoms with Gasteiger partial charge in [-0.2, -0.15) is 0 Å². The van der Waals surface area contributed by atoms with Crippen molar-refractivity contribution in [3.8, 4) is 10.4 Å². The van der Waals surface area contributed by atoms with Crippen molar-refractivity contribution in [1.82, 2.24) is 0 Å². The molecule has 0 aliphatic carbocycles. The molecule has 0 fully saturated rings. The molecule has 0 saturated carbocycles. The highest BCUT2D eigenvalue weighted by Gasteiger charge is 2.07. The Bertz CT molecular complexity index is 462. The molecule has 14 heavy (non-hydrogen) atoms. The van der Waals surface area contributed by atoms with Gasteiger partial charge in [-0.3, -0.25) is 0 Å². The monoisotopic (exact) mass is 223 g/mol. The molecule has 1 heterocycles. The fourth-order valence-corrected chi connectivity index (χ4v) is 2.59. The summed E-state index contributed by atoms with van der Waals surface area (Å²) in [4.78, 5) is 1.20. The van der Waals surface area contributed by atoms with E-state index in [1.165, 1.54) is 10.4 Å². The summed E-state index contributed by atoms with van der Waals surface area (Å²) in [7, 11) is 0. The molecule has 2 aromatic rings. The zero-order valence-electron chi connectivity index (χ0n) is 7.75. The lowest BCUT2D eigenvalue weighted by Crippen LogP contribution is -1.86. The second kappa shape index (κ2) is 3.64. The molecule has 1 nitrogen and oxygen atoms in total. The van der Waals surface area contributed by atoms with Crippen molar-refractivity contribution in [3.63, 3.8) is 0 Å². The summed E-state index contributed by atoms with van der Waals surface area (Å²) in [6, 6.07) is 7.65. The third-order valence-electron chi connectivity index (χ3n) is 2.10. The molecule has 0 spiro atoms. The van der Waals surface area contributed by atoms with Gasteiger partial charge >= 0.3 is 0 Å². The summed E-state index contributed by atoms with van der Waals surface area (Å²) in [5.74, 6) is 0. The van der Waals surface area contributed by atoms with Crippen molar-refractivity contribution in [2.75, 3.05) is 5.73 Å². The molecular weight excluding hydrogens is 214 g/mol. The zero-order valence-corrected chi connectivity index (χ0v) is 9.32. The fourth-order valence-electron chi connectivity index (χ4n) is 1.37. The maximum absolute atomic E-state index is 6.11. The molecule has 2 N–H and O–H groups in total. The van der Waals surface area contributed by atoms with Crippen LogP contribution < -0.4 is 5.73 Å². The third kappa shape index (κ3) is 1.63. The van der Waals surface area contributed by atoms with Gasteiger partial charge in [0.1, 0.15) is 0 Å². The third-order valence-corrected chi connectivity index (χ3v) is 3.48. The van der Waals surface area contributed by atoms with Crippen molar-refractivity contribution in [2.45, 2.75) is 6.92 Å². The van der Waals surface area contributed by atoms with Crippen LogP contribution in [0.3, 0.4) is 0 Å². The Morgan fingerprint density at radius 1 is 1.29 bits per heavy atom. The molecule has 0 bridgehead atoms.